The van der Waals surface area contributed by atoms with E-state index in [1.54, 1.807) is 7.05 Å². The van der Waals surface area contributed by atoms with Crippen LogP contribution in [0.2, 0.25) is 0 Å². The van der Waals surface area contributed by atoms with Crippen molar-refractivity contribution in [2.45, 2.75) is 84.7 Å². The summed E-state index contributed by atoms with van der Waals surface area (Å²) in [6, 6.07) is 0. The van der Waals surface area contributed by atoms with Crippen LogP contribution in [-0.2, 0) is 23.7 Å². The van der Waals surface area contributed by atoms with Gasteiger partial charge in [-0.05, 0) is 27.2 Å². The largest absolute Gasteiger partial charge is 0.444 e. The van der Waals surface area contributed by atoms with Crippen molar-refractivity contribution >= 4 is 6.09 Å². The monoisotopic (exact) mass is 447 g/mol. The highest BCUT2D eigenvalue weighted by Crippen LogP contribution is 2.09. The van der Waals surface area contributed by atoms with Crippen LogP contribution in [0, 0.1) is 0 Å². The van der Waals surface area contributed by atoms with Crippen molar-refractivity contribution in [1.29, 1.82) is 0 Å². The zero-order chi connectivity index (χ0) is 23.2. The molecule has 0 heterocycles. The Hall–Kier alpha value is -0.890. The molecule has 0 aromatic heterocycles. The minimum absolute atomic E-state index is 0.341. The summed E-state index contributed by atoms with van der Waals surface area (Å²) in [6.07, 6.45) is 10.2. The second-order valence-electron chi connectivity index (χ2n) is 8.83. The number of likely N-dealkylation sites (N-methyl/N-ethyl adjacent to an activating group) is 1. The highest BCUT2D eigenvalue weighted by molar-refractivity contribution is 5.67. The lowest BCUT2D eigenvalue weighted by Gasteiger charge is -2.24. The molecule has 0 fully saturated rings. The molecule has 0 aliphatic carbocycles. The van der Waals surface area contributed by atoms with Crippen molar-refractivity contribution in [3.05, 3.63) is 0 Å². The maximum atomic E-state index is 11.8. The zero-order valence-electron chi connectivity index (χ0n) is 20.9. The van der Waals surface area contributed by atoms with Crippen molar-refractivity contribution in [1.82, 2.24) is 4.90 Å². The van der Waals surface area contributed by atoms with Crippen molar-refractivity contribution < 1.29 is 28.5 Å². The van der Waals surface area contributed by atoms with Crippen molar-refractivity contribution in [2.75, 3.05) is 66.4 Å². The third kappa shape index (κ3) is 23.6. The summed E-state index contributed by atoms with van der Waals surface area (Å²) in [4.78, 5) is 13.3. The molecule has 0 unspecified atom stereocenters. The van der Waals surface area contributed by atoms with E-state index in [9.17, 15) is 4.79 Å². The third-order valence-corrected chi connectivity index (χ3v) is 4.53. The molecule has 0 bridgehead atoms. The highest BCUT2D eigenvalue weighted by atomic mass is 16.6. The summed E-state index contributed by atoms with van der Waals surface area (Å²) >= 11 is 0. The van der Waals surface area contributed by atoms with Crippen LogP contribution in [0.5, 0.6) is 0 Å². The second-order valence-corrected chi connectivity index (χ2v) is 8.83. The number of ether oxygens (including phenoxy) is 5. The molecule has 31 heavy (non-hydrogen) atoms. The van der Waals surface area contributed by atoms with E-state index in [4.69, 9.17) is 23.7 Å². The van der Waals surface area contributed by atoms with Crippen LogP contribution >= 0.6 is 0 Å². The quantitative estimate of drug-likeness (QED) is 0.229. The molecule has 0 saturated heterocycles. The minimum Gasteiger partial charge on any atom is -0.444 e. The maximum absolute atomic E-state index is 11.8. The molecule has 7 heteroatoms. The molecule has 0 saturated carbocycles. The van der Waals surface area contributed by atoms with Gasteiger partial charge in [-0.3, -0.25) is 0 Å². The minimum atomic E-state index is -0.485. The highest BCUT2D eigenvalue weighted by Gasteiger charge is 2.19. The Bertz CT molecular complexity index is 400. The lowest BCUT2D eigenvalue weighted by molar-refractivity contribution is -0.00593. The molecular formula is C24H49NO6. The number of hydrogen-bond donors (Lipinski definition) is 0. The first-order valence-electron chi connectivity index (χ1n) is 12.1. The summed E-state index contributed by atoms with van der Waals surface area (Å²) in [7, 11) is 1.70. The molecule has 0 spiro atoms. The van der Waals surface area contributed by atoms with Gasteiger partial charge in [0.1, 0.15) is 5.60 Å². The average molecular weight is 448 g/mol. The van der Waals surface area contributed by atoms with Gasteiger partial charge in [-0.2, -0.15) is 0 Å². The zero-order valence-corrected chi connectivity index (χ0v) is 20.9. The van der Waals surface area contributed by atoms with E-state index in [-0.39, 0.29) is 6.09 Å². The molecule has 0 aliphatic rings. The number of nitrogens with zero attached hydrogens (tertiary/aromatic N) is 1. The van der Waals surface area contributed by atoms with Crippen LogP contribution in [0.25, 0.3) is 0 Å². The summed E-state index contributed by atoms with van der Waals surface area (Å²) in [5.74, 6) is 0. The molecule has 0 radical (unpaired) electrons. The normalized spacial score (nSPS) is 11.6. The molecule has 0 aliphatic heterocycles. The number of carbonyl (C=O) groups is 1. The van der Waals surface area contributed by atoms with Gasteiger partial charge in [0.2, 0.25) is 0 Å². The summed E-state index contributed by atoms with van der Waals surface area (Å²) in [5.41, 5.74) is -0.485. The lowest BCUT2D eigenvalue weighted by Crippen LogP contribution is -2.36. The summed E-state index contributed by atoms with van der Waals surface area (Å²) in [5, 5.41) is 0. The average Bonchev–Trinajstić information content (AvgIpc) is 2.71. The van der Waals surface area contributed by atoms with Gasteiger partial charge in [-0.25, -0.2) is 4.79 Å². The number of rotatable bonds is 21. The number of amides is 1. The van der Waals surface area contributed by atoms with E-state index in [2.05, 4.69) is 6.92 Å². The topological polar surface area (TPSA) is 66.5 Å². The lowest BCUT2D eigenvalue weighted by atomic mass is 10.1. The Kier molecular flexibility index (Phi) is 20.4. The molecule has 1 amide bonds. The second kappa shape index (κ2) is 21.0. The standard InChI is InChI=1S/C24H49NO6/c1-6-7-8-9-10-11-12-13-15-27-17-19-29-21-22-30-20-18-28-16-14-25(5)23(26)31-24(2,3)4/h6-22H2,1-5H3. The molecule has 0 rings (SSSR count). The van der Waals surface area contributed by atoms with Gasteiger partial charge in [0.05, 0.1) is 46.2 Å². The van der Waals surface area contributed by atoms with Gasteiger partial charge in [0, 0.05) is 20.2 Å². The van der Waals surface area contributed by atoms with Crippen LogP contribution in [0.3, 0.4) is 0 Å². The van der Waals surface area contributed by atoms with Crippen molar-refractivity contribution in [2.24, 2.45) is 0 Å². The fourth-order valence-electron chi connectivity index (χ4n) is 2.73. The number of hydrogen-bond acceptors (Lipinski definition) is 6. The van der Waals surface area contributed by atoms with Crippen LogP contribution in [0.15, 0.2) is 0 Å². The van der Waals surface area contributed by atoms with E-state index < -0.39 is 5.60 Å². The molecule has 186 valence electrons. The van der Waals surface area contributed by atoms with Crippen LogP contribution in [-0.4, -0.2) is 83.0 Å². The predicted molar refractivity (Wildman–Crippen MR) is 125 cm³/mol. The Morgan fingerprint density at radius 2 is 1.06 bits per heavy atom. The van der Waals surface area contributed by atoms with Crippen molar-refractivity contribution in [3.8, 4) is 0 Å². The van der Waals surface area contributed by atoms with Gasteiger partial charge in [0.25, 0.3) is 0 Å². The van der Waals surface area contributed by atoms with E-state index in [0.717, 1.165) is 13.0 Å². The van der Waals surface area contributed by atoms with Crippen LogP contribution in [0.4, 0.5) is 4.79 Å². The molecule has 0 N–H and O–H groups in total. The van der Waals surface area contributed by atoms with Gasteiger partial charge >= 0.3 is 6.09 Å². The van der Waals surface area contributed by atoms with Crippen LogP contribution in [0.1, 0.15) is 79.1 Å². The Morgan fingerprint density at radius 1 is 0.645 bits per heavy atom. The fourth-order valence-corrected chi connectivity index (χ4v) is 2.73. The molecule has 0 atom stereocenters. The smallest absolute Gasteiger partial charge is 0.410 e. The first kappa shape index (κ1) is 30.1. The van der Waals surface area contributed by atoms with E-state index in [1.807, 2.05) is 20.8 Å². The Morgan fingerprint density at radius 3 is 1.55 bits per heavy atom. The van der Waals surface area contributed by atoms with E-state index in [1.165, 1.54) is 49.8 Å². The molecular weight excluding hydrogens is 398 g/mol. The predicted octanol–water partition coefficient (Wildman–Crippen LogP) is 5.06. The summed E-state index contributed by atoms with van der Waals surface area (Å²) < 4.78 is 27.3. The van der Waals surface area contributed by atoms with Gasteiger partial charge in [-0.15, -0.1) is 0 Å². The number of unbranched alkanes of at least 4 members (excludes halogenated alkanes) is 7. The SMILES string of the molecule is CCCCCCCCCCOCCOCCOCCOCCN(C)C(=O)OC(C)(C)C. The van der Waals surface area contributed by atoms with Crippen LogP contribution < -0.4 is 0 Å². The van der Waals surface area contributed by atoms with E-state index >= 15 is 0 Å². The molecule has 0 aromatic carbocycles. The van der Waals surface area contributed by atoms with Gasteiger partial charge in [0.15, 0.2) is 0 Å². The van der Waals surface area contributed by atoms with Gasteiger partial charge < -0.3 is 28.6 Å². The Balaban J connectivity index is 3.21. The molecule has 7 nitrogen and oxygen atoms in total. The first-order valence-corrected chi connectivity index (χ1v) is 12.1. The van der Waals surface area contributed by atoms with E-state index in [0.29, 0.717) is 52.8 Å². The fraction of sp³-hybridized carbons (Fsp3) is 0.958. The number of carbonyl (C=O) groups excluding carboxylic acids is 1. The summed E-state index contributed by atoms with van der Waals surface area (Å²) in [6.45, 7) is 12.9. The maximum Gasteiger partial charge on any atom is 0.410 e. The Labute approximate surface area is 191 Å². The third-order valence-electron chi connectivity index (χ3n) is 4.53. The van der Waals surface area contributed by atoms with Gasteiger partial charge in [-0.1, -0.05) is 51.9 Å². The molecule has 0 aromatic rings. The van der Waals surface area contributed by atoms with Crippen molar-refractivity contribution in [3.63, 3.8) is 0 Å². The first-order chi connectivity index (χ1) is 14.9.